The molecule has 5 nitrogen and oxygen atoms in total. The van der Waals surface area contributed by atoms with E-state index in [1.54, 1.807) is 0 Å². The summed E-state index contributed by atoms with van der Waals surface area (Å²) in [6.45, 7) is 0. The molecule has 14 heavy (non-hydrogen) atoms. The molecule has 0 aliphatic carbocycles. The van der Waals surface area contributed by atoms with Crippen molar-refractivity contribution < 1.29 is 74.2 Å². The monoisotopic (exact) mass is 242 g/mol. The van der Waals surface area contributed by atoms with Crippen LogP contribution in [0, 0.1) is 0 Å². The SMILES string of the molecule is O=S(=O)(O)COc1ccccc1[O-].[K+]. The van der Waals surface area contributed by atoms with Gasteiger partial charge in [-0.25, -0.2) is 0 Å². The van der Waals surface area contributed by atoms with E-state index in [4.69, 9.17) is 4.55 Å². The molecule has 0 bridgehead atoms. The van der Waals surface area contributed by atoms with Crippen molar-refractivity contribution in [3.63, 3.8) is 0 Å². The van der Waals surface area contributed by atoms with Crippen LogP contribution in [0.2, 0.25) is 0 Å². The van der Waals surface area contributed by atoms with Gasteiger partial charge in [0.05, 0.1) is 0 Å². The van der Waals surface area contributed by atoms with Gasteiger partial charge in [-0.15, -0.1) is 0 Å². The van der Waals surface area contributed by atoms with Gasteiger partial charge >= 0.3 is 61.5 Å². The van der Waals surface area contributed by atoms with E-state index >= 15 is 0 Å². The molecule has 0 atom stereocenters. The molecule has 0 fully saturated rings. The first-order valence-electron chi connectivity index (χ1n) is 3.33. The van der Waals surface area contributed by atoms with Crippen LogP contribution in [0.3, 0.4) is 0 Å². The Kier molecular flexibility index (Phi) is 6.22. The van der Waals surface area contributed by atoms with E-state index < -0.39 is 21.8 Å². The van der Waals surface area contributed by atoms with E-state index in [2.05, 4.69) is 4.74 Å². The predicted molar refractivity (Wildman–Crippen MR) is 42.9 cm³/mol. The second-order valence-corrected chi connectivity index (χ2v) is 3.69. The van der Waals surface area contributed by atoms with Crippen LogP contribution < -0.4 is 61.2 Å². The predicted octanol–water partition coefficient (Wildman–Crippen LogP) is -3.01. The molecule has 0 unspecified atom stereocenters. The number of hydrogen-bond acceptors (Lipinski definition) is 4. The summed E-state index contributed by atoms with van der Waals surface area (Å²) in [6.07, 6.45) is 0. The standard InChI is InChI=1S/C7H8O5S.K/c8-6-3-1-2-4-7(6)12-5-13(9,10)11;/h1-4,8H,5H2,(H,9,10,11);/q;+1/p-1. The summed E-state index contributed by atoms with van der Waals surface area (Å²) in [5, 5.41) is 10.9. The van der Waals surface area contributed by atoms with Gasteiger partial charge in [-0.1, -0.05) is 23.9 Å². The molecular formula is C7H7KO5S. The molecule has 1 aromatic rings. The molecule has 0 aliphatic rings. The number of benzene rings is 1. The number of para-hydroxylation sites is 2. The molecule has 72 valence electrons. The van der Waals surface area contributed by atoms with Crippen LogP contribution in [0.1, 0.15) is 0 Å². The minimum absolute atomic E-state index is 0. The summed E-state index contributed by atoms with van der Waals surface area (Å²) in [6, 6.07) is 5.59. The Morgan fingerprint density at radius 1 is 1.36 bits per heavy atom. The molecule has 1 rings (SSSR count). The van der Waals surface area contributed by atoms with Gasteiger partial charge in [0, 0.05) is 0 Å². The molecule has 0 spiro atoms. The van der Waals surface area contributed by atoms with Crippen molar-refractivity contribution in [1.29, 1.82) is 0 Å². The van der Waals surface area contributed by atoms with Gasteiger partial charge in [0.15, 0.2) is 0 Å². The Morgan fingerprint density at radius 3 is 2.43 bits per heavy atom. The summed E-state index contributed by atoms with van der Waals surface area (Å²) in [4.78, 5) is 0. The van der Waals surface area contributed by atoms with Gasteiger partial charge < -0.3 is 9.84 Å². The van der Waals surface area contributed by atoms with Gasteiger partial charge in [0.25, 0.3) is 0 Å². The first-order valence-corrected chi connectivity index (χ1v) is 4.94. The first kappa shape index (κ1) is 14.4. The fourth-order valence-electron chi connectivity index (χ4n) is 0.707. The molecule has 1 N–H and O–H groups in total. The zero-order chi connectivity index (χ0) is 9.90. The third-order valence-corrected chi connectivity index (χ3v) is 1.63. The van der Waals surface area contributed by atoms with Crippen LogP contribution in [-0.2, 0) is 10.1 Å². The van der Waals surface area contributed by atoms with E-state index in [1.165, 1.54) is 24.3 Å². The minimum Gasteiger partial charge on any atom is -0.870 e. The Balaban J connectivity index is 0.00000169. The van der Waals surface area contributed by atoms with Crippen LogP contribution in [0.15, 0.2) is 24.3 Å². The van der Waals surface area contributed by atoms with Gasteiger partial charge in [-0.2, -0.15) is 8.42 Å². The Bertz CT molecular complexity index is 389. The Labute approximate surface area is 124 Å². The maximum atomic E-state index is 10.9. The maximum absolute atomic E-state index is 10.9. The fourth-order valence-corrected chi connectivity index (χ4v) is 0.983. The van der Waals surface area contributed by atoms with Crippen molar-refractivity contribution >= 4 is 10.1 Å². The third kappa shape index (κ3) is 5.30. The largest absolute Gasteiger partial charge is 1.00 e. The van der Waals surface area contributed by atoms with Gasteiger partial charge in [-0.05, 0) is 6.07 Å². The molecule has 0 aliphatic heterocycles. The summed E-state index contributed by atoms with van der Waals surface area (Å²) in [7, 11) is -4.20. The number of hydrogen-bond donors (Lipinski definition) is 1. The van der Waals surface area contributed by atoms with Crippen molar-refractivity contribution in [2.24, 2.45) is 0 Å². The molecule has 0 saturated carbocycles. The Morgan fingerprint density at radius 2 is 1.93 bits per heavy atom. The number of ether oxygens (including phenoxy) is 1. The molecule has 0 amide bonds. The molecule has 0 radical (unpaired) electrons. The van der Waals surface area contributed by atoms with E-state index in [9.17, 15) is 13.5 Å². The second-order valence-electron chi connectivity index (χ2n) is 2.29. The van der Waals surface area contributed by atoms with E-state index in [1.807, 2.05) is 0 Å². The van der Waals surface area contributed by atoms with Crippen molar-refractivity contribution in [3.8, 4) is 11.5 Å². The van der Waals surface area contributed by atoms with Gasteiger partial charge in [-0.3, -0.25) is 4.55 Å². The van der Waals surface area contributed by atoms with Crippen molar-refractivity contribution in [2.45, 2.75) is 0 Å². The maximum Gasteiger partial charge on any atom is 1.00 e. The summed E-state index contributed by atoms with van der Waals surface area (Å²) in [5.41, 5.74) is 0. The molecule has 0 aromatic heterocycles. The number of rotatable bonds is 3. The van der Waals surface area contributed by atoms with E-state index in [-0.39, 0.29) is 57.1 Å². The summed E-state index contributed by atoms with van der Waals surface area (Å²) < 4.78 is 33.4. The molecular weight excluding hydrogens is 235 g/mol. The van der Waals surface area contributed by atoms with Crippen molar-refractivity contribution in [2.75, 3.05) is 5.94 Å². The quantitative estimate of drug-likeness (QED) is 0.450. The fraction of sp³-hybridized carbons (Fsp3) is 0.143. The van der Waals surface area contributed by atoms with E-state index in [0.717, 1.165) is 0 Å². The molecule has 7 heteroatoms. The van der Waals surface area contributed by atoms with Gasteiger partial charge in [0.1, 0.15) is 5.75 Å². The summed E-state index contributed by atoms with van der Waals surface area (Å²) >= 11 is 0. The Hall–Kier alpha value is 0.366. The van der Waals surface area contributed by atoms with Crippen molar-refractivity contribution in [3.05, 3.63) is 24.3 Å². The smallest absolute Gasteiger partial charge is 0.870 e. The normalized spacial score (nSPS) is 10.4. The average molecular weight is 242 g/mol. The minimum atomic E-state index is -4.20. The van der Waals surface area contributed by atoms with Crippen LogP contribution in [0.5, 0.6) is 11.5 Å². The van der Waals surface area contributed by atoms with Crippen LogP contribution in [0.4, 0.5) is 0 Å². The topological polar surface area (TPSA) is 86.7 Å². The molecule has 0 heterocycles. The zero-order valence-corrected chi connectivity index (χ0v) is 11.4. The van der Waals surface area contributed by atoms with E-state index in [0.29, 0.717) is 0 Å². The van der Waals surface area contributed by atoms with Crippen LogP contribution >= 0.6 is 0 Å². The third-order valence-electron chi connectivity index (χ3n) is 1.21. The zero-order valence-electron chi connectivity index (χ0n) is 7.50. The van der Waals surface area contributed by atoms with Crippen molar-refractivity contribution in [1.82, 2.24) is 0 Å². The summed E-state index contributed by atoms with van der Waals surface area (Å²) in [5.74, 6) is -1.43. The first-order chi connectivity index (χ1) is 5.99. The molecule has 1 aromatic carbocycles. The second kappa shape index (κ2) is 6.06. The van der Waals surface area contributed by atoms with Gasteiger partial charge in [0.2, 0.25) is 5.94 Å². The average Bonchev–Trinajstić information content (AvgIpc) is 2.01. The van der Waals surface area contributed by atoms with Crippen LogP contribution in [0.25, 0.3) is 0 Å². The van der Waals surface area contributed by atoms with Crippen LogP contribution in [-0.4, -0.2) is 18.9 Å². The molecule has 0 saturated heterocycles.